The molecule has 1 aliphatic rings. The summed E-state index contributed by atoms with van der Waals surface area (Å²) in [5.74, 6) is -1.19. The van der Waals surface area contributed by atoms with Crippen molar-refractivity contribution in [3.63, 3.8) is 0 Å². The van der Waals surface area contributed by atoms with Crippen LogP contribution in [-0.4, -0.2) is 42.6 Å². The first-order valence-corrected chi connectivity index (χ1v) is 10.4. The molecule has 4 rings (SSSR count). The van der Waals surface area contributed by atoms with E-state index in [0.717, 1.165) is 11.1 Å². The van der Waals surface area contributed by atoms with Gasteiger partial charge in [0.2, 0.25) is 0 Å². The van der Waals surface area contributed by atoms with Gasteiger partial charge in [-0.25, -0.2) is 9.18 Å². The molecule has 0 N–H and O–H groups in total. The Kier molecular flexibility index (Phi) is 5.81. The second-order valence-electron chi connectivity index (χ2n) is 6.99. The van der Waals surface area contributed by atoms with Crippen molar-refractivity contribution in [2.24, 2.45) is 0 Å². The zero-order valence-electron chi connectivity index (χ0n) is 16.3. The first-order valence-electron chi connectivity index (χ1n) is 9.49. The predicted molar refractivity (Wildman–Crippen MR) is 112 cm³/mol. The van der Waals surface area contributed by atoms with Gasteiger partial charge in [-0.3, -0.25) is 4.79 Å². The first-order chi connectivity index (χ1) is 14.6. The molecule has 30 heavy (non-hydrogen) atoms. The summed E-state index contributed by atoms with van der Waals surface area (Å²) in [7, 11) is 1.28. The van der Waals surface area contributed by atoms with Crippen LogP contribution in [0.2, 0.25) is 0 Å². The quantitative estimate of drug-likeness (QED) is 0.569. The Bertz CT molecular complexity index is 1040. The Labute approximate surface area is 177 Å². The van der Waals surface area contributed by atoms with E-state index in [2.05, 4.69) is 0 Å². The van der Waals surface area contributed by atoms with Crippen molar-refractivity contribution in [2.75, 3.05) is 13.7 Å². The number of carbonyl (C=O) groups is 2. The van der Waals surface area contributed by atoms with Crippen molar-refractivity contribution in [2.45, 2.75) is 18.6 Å². The van der Waals surface area contributed by atoms with Crippen LogP contribution < -0.4 is 4.74 Å². The lowest BCUT2D eigenvalue weighted by molar-refractivity contribution is -0.145. The lowest BCUT2D eigenvalue weighted by Gasteiger charge is -2.22. The van der Waals surface area contributed by atoms with Crippen LogP contribution in [0.1, 0.15) is 16.8 Å². The molecule has 1 aliphatic heterocycles. The highest BCUT2D eigenvalue weighted by atomic mass is 32.1. The molecule has 0 bridgehead atoms. The summed E-state index contributed by atoms with van der Waals surface area (Å²) in [4.78, 5) is 26.9. The third kappa shape index (κ3) is 4.07. The highest BCUT2D eigenvalue weighted by Crippen LogP contribution is 2.28. The van der Waals surface area contributed by atoms with Gasteiger partial charge in [0.05, 0.1) is 13.7 Å². The zero-order chi connectivity index (χ0) is 21.1. The molecule has 3 aromatic rings. The minimum absolute atomic E-state index is 0.0977. The minimum atomic E-state index is -0.782. The Morgan fingerprint density at radius 3 is 2.50 bits per heavy atom. The van der Waals surface area contributed by atoms with Gasteiger partial charge in [0.25, 0.3) is 5.91 Å². The molecule has 1 amide bonds. The maximum absolute atomic E-state index is 13.9. The summed E-state index contributed by atoms with van der Waals surface area (Å²) in [5, 5.41) is 4.03. The van der Waals surface area contributed by atoms with E-state index in [9.17, 15) is 14.0 Å². The summed E-state index contributed by atoms with van der Waals surface area (Å²) in [6.07, 6.45) is -0.278. The highest BCUT2D eigenvalue weighted by molar-refractivity contribution is 7.08. The van der Waals surface area contributed by atoms with E-state index in [1.165, 1.54) is 24.1 Å². The van der Waals surface area contributed by atoms with Crippen molar-refractivity contribution in [3.8, 4) is 16.9 Å². The fraction of sp³-hybridized carbons (Fsp3) is 0.217. The van der Waals surface area contributed by atoms with E-state index < -0.39 is 23.9 Å². The Morgan fingerprint density at radius 2 is 1.83 bits per heavy atom. The number of carbonyl (C=O) groups excluding carboxylic acids is 2. The number of hydrogen-bond donors (Lipinski definition) is 0. The number of para-hydroxylation sites is 1. The third-order valence-electron chi connectivity index (χ3n) is 5.11. The SMILES string of the molecule is COC(=O)C1CC(Oc2ccccc2F)CN1C(=O)c1ccc(-c2ccsc2)cc1. The largest absolute Gasteiger partial charge is 0.485 e. The first kappa shape index (κ1) is 20.1. The molecular weight excluding hydrogens is 405 g/mol. The monoisotopic (exact) mass is 425 g/mol. The lowest BCUT2D eigenvalue weighted by atomic mass is 10.1. The summed E-state index contributed by atoms with van der Waals surface area (Å²) in [5.41, 5.74) is 2.57. The van der Waals surface area contributed by atoms with Gasteiger partial charge in [0, 0.05) is 12.0 Å². The van der Waals surface area contributed by atoms with Crippen LogP contribution in [0.3, 0.4) is 0 Å². The standard InChI is InChI=1S/C23H20FNO4S/c1-28-23(27)20-12-18(29-21-5-3-2-4-19(21)24)13-25(20)22(26)16-8-6-15(7-9-16)17-10-11-30-14-17/h2-11,14,18,20H,12-13H2,1H3. The van der Waals surface area contributed by atoms with E-state index >= 15 is 0 Å². The molecule has 0 spiro atoms. The lowest BCUT2D eigenvalue weighted by Crippen LogP contribution is -2.41. The molecule has 1 saturated heterocycles. The van der Waals surface area contributed by atoms with Gasteiger partial charge in [-0.15, -0.1) is 0 Å². The topological polar surface area (TPSA) is 55.8 Å². The molecule has 2 heterocycles. The summed E-state index contributed by atoms with van der Waals surface area (Å²) in [6, 6.07) is 14.6. The van der Waals surface area contributed by atoms with E-state index in [4.69, 9.17) is 9.47 Å². The molecule has 1 aromatic heterocycles. The number of likely N-dealkylation sites (tertiary alicyclic amines) is 1. The van der Waals surface area contributed by atoms with Crippen LogP contribution in [0.25, 0.3) is 11.1 Å². The molecule has 0 aliphatic carbocycles. The van der Waals surface area contributed by atoms with Gasteiger partial charge >= 0.3 is 5.97 Å². The van der Waals surface area contributed by atoms with Crippen LogP contribution in [0.5, 0.6) is 5.75 Å². The van der Waals surface area contributed by atoms with Crippen molar-refractivity contribution < 1.29 is 23.5 Å². The van der Waals surface area contributed by atoms with Crippen LogP contribution in [0, 0.1) is 5.82 Å². The highest BCUT2D eigenvalue weighted by Gasteiger charge is 2.42. The summed E-state index contributed by atoms with van der Waals surface area (Å²) < 4.78 is 24.6. The summed E-state index contributed by atoms with van der Waals surface area (Å²) >= 11 is 1.61. The number of amides is 1. The van der Waals surface area contributed by atoms with Gasteiger partial charge < -0.3 is 14.4 Å². The average Bonchev–Trinajstić information content (AvgIpc) is 3.45. The smallest absolute Gasteiger partial charge is 0.328 e. The maximum Gasteiger partial charge on any atom is 0.328 e. The average molecular weight is 425 g/mol. The number of nitrogens with zero attached hydrogens (tertiary/aromatic N) is 1. The summed E-state index contributed by atoms with van der Waals surface area (Å²) in [6.45, 7) is 0.166. The maximum atomic E-state index is 13.9. The Balaban J connectivity index is 1.53. The molecule has 154 valence electrons. The van der Waals surface area contributed by atoms with Crippen molar-refractivity contribution in [1.82, 2.24) is 4.90 Å². The number of hydrogen-bond acceptors (Lipinski definition) is 5. The number of benzene rings is 2. The van der Waals surface area contributed by atoms with Gasteiger partial charge in [-0.1, -0.05) is 24.3 Å². The molecule has 2 aromatic carbocycles. The fourth-order valence-corrected chi connectivity index (χ4v) is 4.25. The van der Waals surface area contributed by atoms with Gasteiger partial charge in [-0.2, -0.15) is 11.3 Å². The Hall–Kier alpha value is -3.19. The van der Waals surface area contributed by atoms with Crippen LogP contribution in [0.4, 0.5) is 4.39 Å². The zero-order valence-corrected chi connectivity index (χ0v) is 17.1. The molecule has 0 radical (unpaired) electrons. The number of esters is 1. The molecule has 2 unspecified atom stereocenters. The van der Waals surface area contributed by atoms with E-state index in [-0.39, 0.29) is 24.6 Å². The predicted octanol–water partition coefficient (Wildman–Crippen LogP) is 4.39. The van der Waals surface area contributed by atoms with E-state index in [1.807, 2.05) is 29.0 Å². The van der Waals surface area contributed by atoms with Crippen LogP contribution in [-0.2, 0) is 9.53 Å². The molecule has 2 atom stereocenters. The number of halogens is 1. The van der Waals surface area contributed by atoms with Crippen molar-refractivity contribution in [3.05, 3.63) is 76.7 Å². The Morgan fingerprint density at radius 1 is 1.07 bits per heavy atom. The van der Waals surface area contributed by atoms with Crippen LogP contribution >= 0.6 is 11.3 Å². The number of thiophene rings is 1. The number of rotatable bonds is 5. The fourth-order valence-electron chi connectivity index (χ4n) is 3.59. The van der Waals surface area contributed by atoms with Crippen LogP contribution in [0.15, 0.2) is 65.4 Å². The molecule has 0 saturated carbocycles. The van der Waals surface area contributed by atoms with Gasteiger partial charge in [0.15, 0.2) is 11.6 Å². The second kappa shape index (κ2) is 8.67. The van der Waals surface area contributed by atoms with E-state index in [1.54, 1.807) is 35.6 Å². The number of ether oxygens (including phenoxy) is 2. The van der Waals surface area contributed by atoms with Crippen molar-refractivity contribution in [1.29, 1.82) is 0 Å². The molecule has 1 fully saturated rings. The molecular formula is C23H20FNO4S. The third-order valence-corrected chi connectivity index (χ3v) is 5.80. The van der Waals surface area contributed by atoms with Gasteiger partial charge in [0.1, 0.15) is 12.1 Å². The van der Waals surface area contributed by atoms with E-state index in [0.29, 0.717) is 5.56 Å². The minimum Gasteiger partial charge on any atom is -0.485 e. The molecule has 7 heteroatoms. The number of methoxy groups -OCH3 is 1. The normalized spacial score (nSPS) is 18.3. The second-order valence-corrected chi connectivity index (χ2v) is 7.77. The van der Waals surface area contributed by atoms with Crippen molar-refractivity contribution >= 4 is 23.2 Å². The molecule has 5 nitrogen and oxygen atoms in total. The van der Waals surface area contributed by atoms with Gasteiger partial charge in [-0.05, 0) is 52.2 Å².